The standard InChI is InChI=1S/C18H29N5O3/c1-18(2,3)14-10-17(26-21-14)20-16(25)12-23-8-6-22(7-9-23)11-15(24)19-13-4-5-13/h10,13H,4-9,11-12H2,1-3H3,(H,19,24)(H,20,25). The summed E-state index contributed by atoms with van der Waals surface area (Å²) in [5.41, 5.74) is 0.695. The Bertz CT molecular complexity index is 639. The third-order valence-corrected chi connectivity index (χ3v) is 4.68. The van der Waals surface area contributed by atoms with Crippen LogP contribution in [0.3, 0.4) is 0 Å². The number of carbonyl (C=O) groups excluding carboxylic acids is 2. The lowest BCUT2D eigenvalue weighted by molar-refractivity contribution is -0.123. The largest absolute Gasteiger partial charge is 0.352 e. The Morgan fingerprint density at radius 2 is 1.69 bits per heavy atom. The monoisotopic (exact) mass is 363 g/mol. The molecule has 2 N–H and O–H groups in total. The van der Waals surface area contributed by atoms with E-state index in [1.54, 1.807) is 6.07 Å². The summed E-state index contributed by atoms with van der Waals surface area (Å²) in [4.78, 5) is 28.3. The second-order valence-electron chi connectivity index (χ2n) is 8.27. The van der Waals surface area contributed by atoms with Crippen LogP contribution in [0.1, 0.15) is 39.3 Å². The topological polar surface area (TPSA) is 90.7 Å². The van der Waals surface area contributed by atoms with E-state index in [0.717, 1.165) is 44.7 Å². The quantitative estimate of drug-likeness (QED) is 0.777. The van der Waals surface area contributed by atoms with Crippen molar-refractivity contribution in [2.75, 3.05) is 44.6 Å². The van der Waals surface area contributed by atoms with Crippen molar-refractivity contribution in [3.63, 3.8) is 0 Å². The third kappa shape index (κ3) is 5.54. The molecule has 144 valence electrons. The number of nitrogens with one attached hydrogen (secondary N) is 2. The first kappa shape index (κ1) is 18.8. The van der Waals surface area contributed by atoms with Crippen molar-refractivity contribution >= 4 is 17.7 Å². The maximum absolute atomic E-state index is 12.2. The normalized spacial score (nSPS) is 19.3. The molecule has 1 saturated heterocycles. The molecule has 0 atom stereocenters. The third-order valence-electron chi connectivity index (χ3n) is 4.68. The van der Waals surface area contributed by atoms with Crippen LogP contribution in [-0.2, 0) is 15.0 Å². The zero-order valence-corrected chi connectivity index (χ0v) is 15.9. The number of rotatable bonds is 6. The smallest absolute Gasteiger partial charge is 0.240 e. The minimum atomic E-state index is -0.116. The SMILES string of the molecule is CC(C)(C)c1cc(NC(=O)CN2CCN(CC(=O)NC3CC3)CC2)on1. The van der Waals surface area contributed by atoms with E-state index < -0.39 is 0 Å². The Kier molecular flexibility index (Phi) is 5.62. The Morgan fingerprint density at radius 3 is 2.19 bits per heavy atom. The van der Waals surface area contributed by atoms with E-state index in [9.17, 15) is 9.59 Å². The molecule has 8 nitrogen and oxygen atoms in total. The van der Waals surface area contributed by atoms with Gasteiger partial charge in [0.2, 0.25) is 17.7 Å². The van der Waals surface area contributed by atoms with Gasteiger partial charge in [-0.3, -0.25) is 24.7 Å². The lowest BCUT2D eigenvalue weighted by atomic mass is 9.92. The lowest BCUT2D eigenvalue weighted by Crippen LogP contribution is -2.51. The molecule has 0 spiro atoms. The fourth-order valence-corrected chi connectivity index (χ4v) is 2.88. The molecule has 2 fully saturated rings. The molecule has 8 heteroatoms. The highest BCUT2D eigenvalue weighted by Gasteiger charge is 2.26. The predicted octanol–water partition coefficient (Wildman–Crippen LogP) is 0.807. The number of aromatic nitrogens is 1. The zero-order valence-electron chi connectivity index (χ0n) is 15.9. The minimum Gasteiger partial charge on any atom is -0.352 e. The number of amides is 2. The van der Waals surface area contributed by atoms with Gasteiger partial charge in [0.1, 0.15) is 0 Å². The number of nitrogens with zero attached hydrogens (tertiary/aromatic N) is 3. The van der Waals surface area contributed by atoms with Crippen LogP contribution in [0.2, 0.25) is 0 Å². The van der Waals surface area contributed by atoms with Gasteiger partial charge in [0.05, 0.1) is 18.8 Å². The number of anilines is 1. The van der Waals surface area contributed by atoms with Crippen molar-refractivity contribution in [3.05, 3.63) is 11.8 Å². The second kappa shape index (κ2) is 7.75. The van der Waals surface area contributed by atoms with Crippen molar-refractivity contribution in [1.29, 1.82) is 0 Å². The number of hydrogen-bond donors (Lipinski definition) is 2. The summed E-state index contributed by atoms with van der Waals surface area (Å²) in [7, 11) is 0. The van der Waals surface area contributed by atoms with Crippen molar-refractivity contribution < 1.29 is 14.1 Å². The van der Waals surface area contributed by atoms with Gasteiger partial charge in [-0.05, 0) is 12.8 Å². The number of piperazine rings is 1. The van der Waals surface area contributed by atoms with Crippen molar-refractivity contribution in [1.82, 2.24) is 20.3 Å². The van der Waals surface area contributed by atoms with Crippen LogP contribution in [0.4, 0.5) is 5.88 Å². The molecule has 1 aliphatic carbocycles. The van der Waals surface area contributed by atoms with Gasteiger partial charge in [0.25, 0.3) is 0 Å². The van der Waals surface area contributed by atoms with Crippen LogP contribution >= 0.6 is 0 Å². The average molecular weight is 363 g/mol. The van der Waals surface area contributed by atoms with Gasteiger partial charge in [-0.25, -0.2) is 0 Å². The van der Waals surface area contributed by atoms with Crippen LogP contribution in [0, 0.1) is 0 Å². The van der Waals surface area contributed by atoms with Crippen LogP contribution in [-0.4, -0.2) is 72.1 Å². The average Bonchev–Trinajstić information content (AvgIpc) is 3.22. The van der Waals surface area contributed by atoms with E-state index >= 15 is 0 Å². The minimum absolute atomic E-state index is 0.110. The molecule has 2 heterocycles. The van der Waals surface area contributed by atoms with Gasteiger partial charge < -0.3 is 9.84 Å². The maximum Gasteiger partial charge on any atom is 0.240 e. The fraction of sp³-hybridized carbons (Fsp3) is 0.722. The highest BCUT2D eigenvalue weighted by atomic mass is 16.5. The molecule has 2 aliphatic rings. The van der Waals surface area contributed by atoms with E-state index in [1.165, 1.54) is 0 Å². The molecule has 0 radical (unpaired) electrons. The Hall–Kier alpha value is -1.93. The summed E-state index contributed by atoms with van der Waals surface area (Å²) < 4.78 is 5.20. The summed E-state index contributed by atoms with van der Waals surface area (Å²) in [6.07, 6.45) is 2.22. The fourth-order valence-electron chi connectivity index (χ4n) is 2.88. The molecule has 0 bridgehead atoms. The van der Waals surface area contributed by atoms with E-state index in [0.29, 0.717) is 25.0 Å². The van der Waals surface area contributed by atoms with Crippen molar-refractivity contribution in [2.24, 2.45) is 0 Å². The highest BCUT2D eigenvalue weighted by molar-refractivity contribution is 5.91. The van der Waals surface area contributed by atoms with E-state index in [4.69, 9.17) is 4.52 Å². The van der Waals surface area contributed by atoms with E-state index in [-0.39, 0.29) is 17.2 Å². The Balaban J connectivity index is 1.37. The first-order valence-electron chi connectivity index (χ1n) is 9.31. The Morgan fingerprint density at radius 1 is 1.12 bits per heavy atom. The molecule has 1 aromatic rings. The predicted molar refractivity (Wildman–Crippen MR) is 97.9 cm³/mol. The molecule has 0 aromatic carbocycles. The first-order chi connectivity index (χ1) is 12.3. The lowest BCUT2D eigenvalue weighted by Gasteiger charge is -2.33. The van der Waals surface area contributed by atoms with Crippen LogP contribution in [0.15, 0.2) is 10.6 Å². The molecular formula is C18H29N5O3. The molecule has 0 unspecified atom stereocenters. The van der Waals surface area contributed by atoms with Gasteiger partial charge >= 0.3 is 0 Å². The van der Waals surface area contributed by atoms with Crippen molar-refractivity contribution in [2.45, 2.75) is 45.1 Å². The maximum atomic E-state index is 12.2. The summed E-state index contributed by atoms with van der Waals surface area (Å²) >= 11 is 0. The summed E-state index contributed by atoms with van der Waals surface area (Å²) in [6, 6.07) is 2.18. The molecule has 26 heavy (non-hydrogen) atoms. The van der Waals surface area contributed by atoms with Gasteiger partial charge in [0.15, 0.2) is 0 Å². The summed E-state index contributed by atoms with van der Waals surface area (Å²) in [5.74, 6) is 0.385. The Labute approximate surface area is 154 Å². The summed E-state index contributed by atoms with van der Waals surface area (Å²) in [6.45, 7) is 10.0. The summed E-state index contributed by atoms with van der Waals surface area (Å²) in [5, 5.41) is 9.78. The molecule has 3 rings (SSSR count). The van der Waals surface area contributed by atoms with Gasteiger partial charge in [-0.2, -0.15) is 0 Å². The number of carbonyl (C=O) groups is 2. The molecule has 1 aliphatic heterocycles. The van der Waals surface area contributed by atoms with Crippen molar-refractivity contribution in [3.8, 4) is 0 Å². The van der Waals surface area contributed by atoms with Gasteiger partial charge in [-0.1, -0.05) is 25.9 Å². The van der Waals surface area contributed by atoms with Crippen LogP contribution < -0.4 is 10.6 Å². The van der Waals surface area contributed by atoms with E-state index in [2.05, 4.69) is 25.6 Å². The second-order valence-corrected chi connectivity index (χ2v) is 8.27. The molecule has 1 aromatic heterocycles. The first-order valence-corrected chi connectivity index (χ1v) is 9.31. The van der Waals surface area contributed by atoms with Crippen LogP contribution in [0.5, 0.6) is 0 Å². The number of hydrogen-bond acceptors (Lipinski definition) is 6. The van der Waals surface area contributed by atoms with Gasteiger partial charge in [0, 0.05) is 43.7 Å². The molecule has 2 amide bonds. The van der Waals surface area contributed by atoms with E-state index in [1.807, 2.05) is 20.8 Å². The van der Waals surface area contributed by atoms with Crippen LogP contribution in [0.25, 0.3) is 0 Å². The zero-order chi connectivity index (χ0) is 18.7. The molecule has 1 saturated carbocycles. The highest BCUT2D eigenvalue weighted by Crippen LogP contribution is 2.23. The van der Waals surface area contributed by atoms with Gasteiger partial charge in [-0.15, -0.1) is 0 Å². The molecular weight excluding hydrogens is 334 g/mol.